The lowest BCUT2D eigenvalue weighted by Crippen LogP contribution is -1.92. The van der Waals surface area contributed by atoms with Crippen LogP contribution in [-0.2, 0) is 0 Å². The molecule has 4 rings (SSSR count). The van der Waals surface area contributed by atoms with Crippen molar-refractivity contribution < 1.29 is 0 Å². The molecule has 0 amide bonds. The minimum Gasteiger partial charge on any atom is -0.261 e. The zero-order valence-corrected chi connectivity index (χ0v) is 11.0. The Balaban J connectivity index is 2.03. The summed E-state index contributed by atoms with van der Waals surface area (Å²) < 4.78 is 1.25. The third-order valence-electron chi connectivity index (χ3n) is 3.22. The molecule has 5 heteroatoms. The highest BCUT2D eigenvalue weighted by atomic mass is 32.1. The molecule has 0 aliphatic rings. The van der Waals surface area contributed by atoms with Gasteiger partial charge in [-0.2, -0.15) is 5.10 Å². The number of benzene rings is 1. The molecule has 4 nitrogen and oxygen atoms in total. The van der Waals surface area contributed by atoms with Gasteiger partial charge in [0.25, 0.3) is 0 Å². The fourth-order valence-electron chi connectivity index (χ4n) is 2.25. The standard InChI is InChI=1S/C14H10N4S/c1-8-10-6-15-18-14(10)17-13(16-8)11-7-19-12-5-3-2-4-9(11)12/h2-7H,1H3,(H,15,16,17,18). The number of hydrogen-bond acceptors (Lipinski definition) is 4. The second kappa shape index (κ2) is 3.86. The number of fused-ring (bicyclic) bond motifs is 2. The molecule has 0 unspecified atom stereocenters. The molecule has 0 aliphatic heterocycles. The lowest BCUT2D eigenvalue weighted by molar-refractivity contribution is 1.09. The molecular weight excluding hydrogens is 256 g/mol. The molecule has 0 saturated carbocycles. The van der Waals surface area contributed by atoms with E-state index in [0.717, 1.165) is 28.1 Å². The van der Waals surface area contributed by atoms with Crippen LogP contribution in [0.1, 0.15) is 5.69 Å². The number of aryl methyl sites for hydroxylation is 1. The fourth-order valence-corrected chi connectivity index (χ4v) is 3.19. The molecule has 4 aromatic rings. The first-order valence-electron chi connectivity index (χ1n) is 5.97. The highest BCUT2D eigenvalue weighted by Gasteiger charge is 2.11. The number of thiophene rings is 1. The zero-order chi connectivity index (χ0) is 12.8. The predicted octanol–water partition coefficient (Wildman–Crippen LogP) is 3.54. The summed E-state index contributed by atoms with van der Waals surface area (Å²) in [6, 6.07) is 8.31. The SMILES string of the molecule is Cc1nc(-c2csc3ccccc23)nc2[nH]ncc12. The number of H-pyrrole nitrogens is 1. The van der Waals surface area contributed by atoms with Crippen LogP contribution in [0, 0.1) is 6.92 Å². The van der Waals surface area contributed by atoms with Crippen LogP contribution in [-0.4, -0.2) is 20.2 Å². The van der Waals surface area contributed by atoms with Crippen molar-refractivity contribution in [3.05, 3.63) is 41.5 Å². The molecule has 1 aromatic carbocycles. The van der Waals surface area contributed by atoms with Gasteiger partial charge in [0.15, 0.2) is 11.5 Å². The Bertz CT molecular complexity index is 891. The molecule has 0 saturated heterocycles. The largest absolute Gasteiger partial charge is 0.261 e. The van der Waals surface area contributed by atoms with Crippen LogP contribution in [0.5, 0.6) is 0 Å². The van der Waals surface area contributed by atoms with Crippen molar-refractivity contribution in [2.45, 2.75) is 6.92 Å². The van der Waals surface area contributed by atoms with Crippen LogP contribution in [0.3, 0.4) is 0 Å². The van der Waals surface area contributed by atoms with Crippen molar-refractivity contribution in [2.24, 2.45) is 0 Å². The lowest BCUT2D eigenvalue weighted by Gasteiger charge is -2.01. The Labute approximate surface area is 113 Å². The minimum atomic E-state index is 0.756. The average molecular weight is 266 g/mol. The molecule has 0 radical (unpaired) electrons. The smallest absolute Gasteiger partial charge is 0.163 e. The molecule has 0 atom stereocenters. The number of aromatic amines is 1. The molecule has 0 bridgehead atoms. The van der Waals surface area contributed by atoms with Crippen molar-refractivity contribution in [1.82, 2.24) is 20.2 Å². The van der Waals surface area contributed by atoms with Crippen molar-refractivity contribution >= 4 is 32.5 Å². The van der Waals surface area contributed by atoms with Gasteiger partial charge in [-0.3, -0.25) is 5.10 Å². The molecule has 0 aliphatic carbocycles. The lowest BCUT2D eigenvalue weighted by atomic mass is 10.1. The normalized spacial score (nSPS) is 11.4. The highest BCUT2D eigenvalue weighted by Crippen LogP contribution is 2.32. The summed E-state index contributed by atoms with van der Waals surface area (Å²) in [6.45, 7) is 1.98. The Morgan fingerprint density at radius 2 is 2.00 bits per heavy atom. The van der Waals surface area contributed by atoms with Gasteiger partial charge in [0, 0.05) is 21.0 Å². The van der Waals surface area contributed by atoms with Gasteiger partial charge in [0.2, 0.25) is 0 Å². The topological polar surface area (TPSA) is 54.5 Å². The number of hydrogen-bond donors (Lipinski definition) is 1. The highest BCUT2D eigenvalue weighted by molar-refractivity contribution is 7.17. The maximum atomic E-state index is 4.60. The van der Waals surface area contributed by atoms with Crippen LogP contribution in [0.15, 0.2) is 35.8 Å². The van der Waals surface area contributed by atoms with Gasteiger partial charge in [-0.15, -0.1) is 11.3 Å². The van der Waals surface area contributed by atoms with Gasteiger partial charge in [-0.1, -0.05) is 18.2 Å². The van der Waals surface area contributed by atoms with E-state index in [1.165, 1.54) is 10.1 Å². The summed E-state index contributed by atoms with van der Waals surface area (Å²) in [4.78, 5) is 9.17. The Morgan fingerprint density at radius 3 is 2.95 bits per heavy atom. The van der Waals surface area contributed by atoms with Crippen LogP contribution in [0.4, 0.5) is 0 Å². The molecule has 19 heavy (non-hydrogen) atoms. The Morgan fingerprint density at radius 1 is 1.11 bits per heavy atom. The van der Waals surface area contributed by atoms with Crippen LogP contribution in [0.2, 0.25) is 0 Å². The summed E-state index contributed by atoms with van der Waals surface area (Å²) in [5.74, 6) is 0.756. The number of aromatic nitrogens is 4. The quantitative estimate of drug-likeness (QED) is 0.573. The van der Waals surface area contributed by atoms with Gasteiger partial charge >= 0.3 is 0 Å². The van der Waals surface area contributed by atoms with Gasteiger partial charge in [-0.05, 0) is 13.0 Å². The van der Waals surface area contributed by atoms with E-state index in [-0.39, 0.29) is 0 Å². The van der Waals surface area contributed by atoms with Gasteiger partial charge in [0.1, 0.15) is 0 Å². The molecule has 0 fully saturated rings. The number of nitrogens with zero attached hydrogens (tertiary/aromatic N) is 3. The Hall–Kier alpha value is -2.27. The van der Waals surface area contributed by atoms with Gasteiger partial charge in [0.05, 0.1) is 17.3 Å². The van der Waals surface area contributed by atoms with E-state index < -0.39 is 0 Å². The van der Waals surface area contributed by atoms with Crippen molar-refractivity contribution in [1.29, 1.82) is 0 Å². The maximum Gasteiger partial charge on any atom is 0.163 e. The molecule has 0 spiro atoms. The molecule has 3 heterocycles. The first-order chi connectivity index (χ1) is 9.33. The first-order valence-corrected chi connectivity index (χ1v) is 6.85. The van der Waals surface area contributed by atoms with E-state index in [9.17, 15) is 0 Å². The predicted molar refractivity (Wildman–Crippen MR) is 77.2 cm³/mol. The van der Waals surface area contributed by atoms with Gasteiger partial charge in [-0.25, -0.2) is 9.97 Å². The zero-order valence-electron chi connectivity index (χ0n) is 10.2. The monoisotopic (exact) mass is 266 g/mol. The molecule has 1 N–H and O–H groups in total. The third-order valence-corrected chi connectivity index (χ3v) is 4.19. The average Bonchev–Trinajstić information content (AvgIpc) is 3.04. The second-order valence-corrected chi connectivity index (χ2v) is 5.32. The van der Waals surface area contributed by atoms with Crippen LogP contribution >= 0.6 is 11.3 Å². The summed E-state index contributed by atoms with van der Waals surface area (Å²) in [5, 5.41) is 11.2. The summed E-state index contributed by atoms with van der Waals surface area (Å²) in [5.41, 5.74) is 2.82. The summed E-state index contributed by atoms with van der Waals surface area (Å²) in [7, 11) is 0. The van der Waals surface area contributed by atoms with E-state index in [1.807, 2.05) is 19.1 Å². The van der Waals surface area contributed by atoms with Crippen molar-refractivity contribution in [3.63, 3.8) is 0 Å². The van der Waals surface area contributed by atoms with Crippen LogP contribution in [0.25, 0.3) is 32.5 Å². The van der Waals surface area contributed by atoms with Crippen molar-refractivity contribution in [3.8, 4) is 11.4 Å². The Kier molecular flexibility index (Phi) is 2.16. The first kappa shape index (κ1) is 10.6. The van der Waals surface area contributed by atoms with Crippen LogP contribution < -0.4 is 0 Å². The summed E-state index contributed by atoms with van der Waals surface area (Å²) >= 11 is 1.72. The molecule has 92 valence electrons. The molecule has 3 aromatic heterocycles. The summed E-state index contributed by atoms with van der Waals surface area (Å²) in [6.07, 6.45) is 1.76. The third kappa shape index (κ3) is 1.55. The van der Waals surface area contributed by atoms with E-state index >= 15 is 0 Å². The molecular formula is C14H10N4S. The van der Waals surface area contributed by atoms with E-state index in [2.05, 4.69) is 37.7 Å². The van der Waals surface area contributed by atoms with Crippen molar-refractivity contribution in [2.75, 3.05) is 0 Å². The number of nitrogens with one attached hydrogen (secondary N) is 1. The number of rotatable bonds is 1. The maximum absolute atomic E-state index is 4.60. The van der Waals surface area contributed by atoms with E-state index in [1.54, 1.807) is 17.5 Å². The minimum absolute atomic E-state index is 0.756. The van der Waals surface area contributed by atoms with E-state index in [4.69, 9.17) is 0 Å². The van der Waals surface area contributed by atoms with Gasteiger partial charge < -0.3 is 0 Å². The fraction of sp³-hybridized carbons (Fsp3) is 0.0714. The van der Waals surface area contributed by atoms with E-state index in [0.29, 0.717) is 0 Å². The second-order valence-electron chi connectivity index (χ2n) is 4.41.